The summed E-state index contributed by atoms with van der Waals surface area (Å²) in [5, 5.41) is 10.1. The van der Waals surface area contributed by atoms with E-state index in [0.717, 1.165) is 17.7 Å². The summed E-state index contributed by atoms with van der Waals surface area (Å²) in [6, 6.07) is 11.4. The van der Waals surface area contributed by atoms with Gasteiger partial charge in [-0.2, -0.15) is 0 Å². The Kier molecular flexibility index (Phi) is 5.19. The quantitative estimate of drug-likeness (QED) is 0.403. The lowest BCUT2D eigenvalue weighted by molar-refractivity contribution is 0.0970. The van der Waals surface area contributed by atoms with E-state index >= 15 is 0 Å². The van der Waals surface area contributed by atoms with Gasteiger partial charge in [0.15, 0.2) is 5.43 Å². The summed E-state index contributed by atoms with van der Waals surface area (Å²) in [5.74, 6) is 0.297. The van der Waals surface area contributed by atoms with Crippen LogP contribution in [0.25, 0.3) is 11.0 Å². The van der Waals surface area contributed by atoms with Crippen LogP contribution in [0, 0.1) is 6.92 Å². The number of hydrogen-bond acceptors (Lipinski definition) is 7. The highest BCUT2D eigenvalue weighted by molar-refractivity contribution is 7.15. The van der Waals surface area contributed by atoms with Crippen LogP contribution in [0.2, 0.25) is 5.02 Å². The predicted octanol–water partition coefficient (Wildman–Crippen LogP) is 5.14. The summed E-state index contributed by atoms with van der Waals surface area (Å²) in [6.07, 6.45) is 0.896. The molecule has 0 spiro atoms. The minimum atomic E-state index is -0.704. The monoisotopic (exact) mass is 467 g/mol. The van der Waals surface area contributed by atoms with Crippen molar-refractivity contribution in [2.45, 2.75) is 26.3 Å². The van der Waals surface area contributed by atoms with Crippen LogP contribution in [0.1, 0.15) is 46.1 Å². The van der Waals surface area contributed by atoms with Gasteiger partial charge < -0.3 is 9.15 Å². The van der Waals surface area contributed by atoms with Gasteiger partial charge in [0.2, 0.25) is 10.9 Å². The molecule has 1 atom stereocenters. The number of anilines is 1. The number of halogens is 1. The van der Waals surface area contributed by atoms with Gasteiger partial charge >= 0.3 is 0 Å². The van der Waals surface area contributed by atoms with E-state index in [1.165, 1.54) is 16.2 Å². The van der Waals surface area contributed by atoms with Gasteiger partial charge in [-0.15, -0.1) is 10.2 Å². The molecule has 0 aliphatic carbocycles. The molecule has 7 nitrogen and oxygen atoms in total. The van der Waals surface area contributed by atoms with E-state index < -0.39 is 11.9 Å². The van der Waals surface area contributed by atoms with Crippen molar-refractivity contribution in [1.82, 2.24) is 10.2 Å². The second-order valence-corrected chi connectivity index (χ2v) is 9.01. The maximum atomic E-state index is 13.5. The SMILES string of the molecule is CCCOc1ccc(C2c3c(oc4ccc(Cl)cc4c3=O)C(=O)N2c2nnc(C)s2)cc1. The standard InChI is InChI=1S/C23H18ClN3O4S/c1-3-10-30-15-7-4-13(5-8-15)19-18-20(28)16-11-14(24)6-9-17(16)31-21(18)22(29)27(19)23-26-25-12(2)32-23/h4-9,11,19H,3,10H2,1-2H3. The van der Waals surface area contributed by atoms with Crippen molar-refractivity contribution in [2.24, 2.45) is 0 Å². The van der Waals surface area contributed by atoms with E-state index in [1.54, 1.807) is 18.2 Å². The minimum Gasteiger partial charge on any atom is -0.494 e. The van der Waals surface area contributed by atoms with Crippen molar-refractivity contribution in [1.29, 1.82) is 0 Å². The Balaban J connectivity index is 1.72. The molecule has 1 amide bonds. The van der Waals surface area contributed by atoms with Gasteiger partial charge in [0, 0.05) is 5.02 Å². The third-order valence-electron chi connectivity index (χ3n) is 5.22. The average Bonchev–Trinajstić information content (AvgIpc) is 3.34. The highest BCUT2D eigenvalue weighted by atomic mass is 35.5. The van der Waals surface area contributed by atoms with Gasteiger partial charge in [-0.1, -0.05) is 42.0 Å². The number of fused-ring (bicyclic) bond motifs is 2. The van der Waals surface area contributed by atoms with Crippen molar-refractivity contribution < 1.29 is 13.9 Å². The fourth-order valence-electron chi connectivity index (χ4n) is 3.81. The summed E-state index contributed by atoms with van der Waals surface area (Å²) in [6.45, 7) is 4.45. The molecular weight excluding hydrogens is 450 g/mol. The first-order valence-corrected chi connectivity index (χ1v) is 11.3. The van der Waals surface area contributed by atoms with E-state index in [0.29, 0.717) is 32.7 Å². The lowest BCUT2D eigenvalue weighted by atomic mass is 9.98. The summed E-state index contributed by atoms with van der Waals surface area (Å²) in [7, 11) is 0. The lowest BCUT2D eigenvalue weighted by Gasteiger charge is -2.22. The topological polar surface area (TPSA) is 85.5 Å². The number of nitrogens with zero attached hydrogens (tertiary/aromatic N) is 3. The van der Waals surface area contributed by atoms with Gasteiger partial charge in [-0.25, -0.2) is 0 Å². The molecule has 162 valence electrons. The van der Waals surface area contributed by atoms with Crippen LogP contribution in [-0.4, -0.2) is 22.7 Å². The van der Waals surface area contributed by atoms with Gasteiger partial charge in [0.25, 0.3) is 5.91 Å². The van der Waals surface area contributed by atoms with E-state index in [-0.39, 0.29) is 16.8 Å². The van der Waals surface area contributed by atoms with E-state index in [1.807, 2.05) is 38.1 Å². The maximum absolute atomic E-state index is 13.5. The van der Waals surface area contributed by atoms with Crippen LogP contribution in [-0.2, 0) is 0 Å². The third kappa shape index (κ3) is 3.36. The van der Waals surface area contributed by atoms with Crippen molar-refractivity contribution >= 4 is 44.9 Å². The minimum absolute atomic E-state index is 0.00832. The highest BCUT2D eigenvalue weighted by Gasteiger charge is 2.45. The number of carbonyl (C=O) groups is 1. The van der Waals surface area contributed by atoms with Crippen molar-refractivity contribution in [2.75, 3.05) is 11.5 Å². The van der Waals surface area contributed by atoms with E-state index in [2.05, 4.69) is 10.2 Å². The van der Waals surface area contributed by atoms with Crippen molar-refractivity contribution in [3.63, 3.8) is 0 Å². The molecule has 32 heavy (non-hydrogen) atoms. The van der Waals surface area contributed by atoms with Crippen LogP contribution in [0.4, 0.5) is 5.13 Å². The zero-order chi connectivity index (χ0) is 22.4. The first kappa shape index (κ1) is 20.7. The molecule has 0 saturated heterocycles. The second kappa shape index (κ2) is 8.03. The van der Waals surface area contributed by atoms with Gasteiger partial charge in [-0.3, -0.25) is 14.5 Å². The first-order valence-electron chi connectivity index (χ1n) is 10.1. The van der Waals surface area contributed by atoms with Gasteiger partial charge in [-0.05, 0) is 49.2 Å². The number of aromatic nitrogens is 2. The molecule has 0 bridgehead atoms. The number of carbonyl (C=O) groups excluding carboxylic acids is 1. The maximum Gasteiger partial charge on any atom is 0.297 e. The zero-order valence-electron chi connectivity index (χ0n) is 17.3. The Morgan fingerprint density at radius 1 is 1.16 bits per heavy atom. The molecule has 3 heterocycles. The van der Waals surface area contributed by atoms with Crippen LogP contribution < -0.4 is 15.1 Å². The molecule has 0 saturated carbocycles. The first-order chi connectivity index (χ1) is 15.5. The Bertz CT molecular complexity index is 1400. The van der Waals surface area contributed by atoms with Crippen LogP contribution in [0.5, 0.6) is 5.75 Å². The molecule has 1 aliphatic rings. The second-order valence-electron chi connectivity index (χ2n) is 7.41. The van der Waals surface area contributed by atoms with Crippen molar-refractivity contribution in [3.8, 4) is 5.75 Å². The molecule has 0 radical (unpaired) electrons. The molecule has 0 fully saturated rings. The average molecular weight is 468 g/mol. The number of ether oxygens (including phenoxy) is 1. The highest BCUT2D eigenvalue weighted by Crippen LogP contribution is 2.42. The number of hydrogen-bond donors (Lipinski definition) is 0. The third-order valence-corrected chi connectivity index (χ3v) is 6.30. The smallest absolute Gasteiger partial charge is 0.297 e. The predicted molar refractivity (Wildman–Crippen MR) is 123 cm³/mol. The number of aryl methyl sites for hydroxylation is 1. The Morgan fingerprint density at radius 2 is 1.94 bits per heavy atom. The van der Waals surface area contributed by atoms with E-state index in [9.17, 15) is 9.59 Å². The van der Waals surface area contributed by atoms with Crippen molar-refractivity contribution in [3.05, 3.63) is 79.6 Å². The Morgan fingerprint density at radius 3 is 2.62 bits per heavy atom. The molecule has 4 aromatic rings. The fourth-order valence-corrected chi connectivity index (χ4v) is 4.69. The van der Waals surface area contributed by atoms with E-state index in [4.69, 9.17) is 20.8 Å². The Hall–Kier alpha value is -3.23. The normalized spacial score (nSPS) is 15.4. The van der Waals surface area contributed by atoms with Gasteiger partial charge in [0.05, 0.1) is 23.6 Å². The zero-order valence-corrected chi connectivity index (χ0v) is 18.9. The summed E-state index contributed by atoms with van der Waals surface area (Å²) >= 11 is 7.40. The molecule has 0 N–H and O–H groups in total. The fraction of sp³-hybridized carbons (Fsp3) is 0.217. The molecule has 9 heteroatoms. The van der Waals surface area contributed by atoms with Crippen LogP contribution in [0.15, 0.2) is 51.7 Å². The summed E-state index contributed by atoms with van der Waals surface area (Å²) < 4.78 is 11.6. The molecule has 2 aromatic carbocycles. The summed E-state index contributed by atoms with van der Waals surface area (Å²) in [5.41, 5.74) is 1.02. The number of amides is 1. The van der Waals surface area contributed by atoms with Crippen LogP contribution >= 0.6 is 22.9 Å². The molecular formula is C23H18ClN3O4S. The van der Waals surface area contributed by atoms with Gasteiger partial charge in [0.1, 0.15) is 16.3 Å². The summed E-state index contributed by atoms with van der Waals surface area (Å²) in [4.78, 5) is 28.5. The van der Waals surface area contributed by atoms with Crippen LogP contribution in [0.3, 0.4) is 0 Å². The molecule has 5 rings (SSSR count). The lowest BCUT2D eigenvalue weighted by Crippen LogP contribution is -2.29. The molecule has 1 unspecified atom stereocenters. The number of rotatable bonds is 5. The molecule has 1 aliphatic heterocycles. The number of benzene rings is 2. The Labute approximate surface area is 192 Å². The largest absolute Gasteiger partial charge is 0.494 e. The molecule has 2 aromatic heterocycles.